The number of fused-ring (bicyclic) bond motifs is 1. The highest BCUT2D eigenvalue weighted by Crippen LogP contribution is 2.19. The first-order valence-electron chi connectivity index (χ1n) is 12.3. The van der Waals surface area contributed by atoms with Crippen molar-refractivity contribution in [1.82, 2.24) is 14.8 Å². The zero-order valence-electron chi connectivity index (χ0n) is 21.1. The average Bonchev–Trinajstić information content (AvgIpc) is 3.43. The van der Waals surface area contributed by atoms with Crippen LogP contribution in [0, 0.1) is 0 Å². The monoisotopic (exact) mass is 487 g/mol. The molecule has 4 aromatic rings. The van der Waals surface area contributed by atoms with Crippen LogP contribution in [-0.4, -0.2) is 41.6 Å². The van der Waals surface area contributed by atoms with Crippen molar-refractivity contribution in [3.63, 3.8) is 0 Å². The summed E-state index contributed by atoms with van der Waals surface area (Å²) in [4.78, 5) is 28.8. The lowest BCUT2D eigenvalue weighted by Crippen LogP contribution is -2.35. The van der Waals surface area contributed by atoms with Gasteiger partial charge in [0.2, 0.25) is 0 Å². The van der Waals surface area contributed by atoms with Crippen molar-refractivity contribution < 1.29 is 13.9 Å². The van der Waals surface area contributed by atoms with Crippen molar-refractivity contribution >= 4 is 16.7 Å². The van der Waals surface area contributed by atoms with Gasteiger partial charge >= 0.3 is 0 Å². The van der Waals surface area contributed by atoms with E-state index in [-0.39, 0.29) is 11.5 Å². The van der Waals surface area contributed by atoms with Gasteiger partial charge in [-0.25, -0.2) is 0 Å². The summed E-state index contributed by atoms with van der Waals surface area (Å²) in [6.07, 6.45) is 5.16. The topological polar surface area (TPSA) is 76.7 Å². The summed E-state index contributed by atoms with van der Waals surface area (Å²) in [6.45, 7) is 6.48. The fourth-order valence-electron chi connectivity index (χ4n) is 4.30. The molecule has 1 amide bonds. The van der Waals surface area contributed by atoms with Gasteiger partial charge in [0.1, 0.15) is 11.5 Å². The van der Waals surface area contributed by atoms with E-state index in [1.54, 1.807) is 49.9 Å². The van der Waals surface area contributed by atoms with Gasteiger partial charge in [-0.05, 0) is 62.2 Å². The SMILES string of the molecule is CCC(C)N(CCCNC(=O)c1cn(-c2ccc(OC)cc2)c(=O)c2ccccc12)Cc1ccco1. The first kappa shape index (κ1) is 25.3. The predicted octanol–water partition coefficient (Wildman–Crippen LogP) is 5.01. The van der Waals surface area contributed by atoms with Crippen LogP contribution in [0.5, 0.6) is 5.75 Å². The third-order valence-electron chi connectivity index (χ3n) is 6.58. The van der Waals surface area contributed by atoms with Crippen LogP contribution in [0.1, 0.15) is 42.8 Å². The molecule has 0 spiro atoms. The highest BCUT2D eigenvalue weighted by molar-refractivity contribution is 6.06. The van der Waals surface area contributed by atoms with Crippen molar-refractivity contribution in [2.24, 2.45) is 0 Å². The molecule has 1 N–H and O–H groups in total. The molecule has 188 valence electrons. The molecular formula is C29H33N3O4. The Morgan fingerprint density at radius 1 is 1.08 bits per heavy atom. The van der Waals surface area contributed by atoms with Crippen LogP contribution in [0.4, 0.5) is 0 Å². The molecule has 2 aromatic heterocycles. The molecule has 7 nitrogen and oxygen atoms in total. The Bertz CT molecular complexity index is 1340. The second-order valence-electron chi connectivity index (χ2n) is 8.88. The lowest BCUT2D eigenvalue weighted by atomic mass is 10.1. The lowest BCUT2D eigenvalue weighted by molar-refractivity contribution is 0.0950. The lowest BCUT2D eigenvalue weighted by Gasteiger charge is -2.27. The number of aromatic nitrogens is 1. The summed E-state index contributed by atoms with van der Waals surface area (Å²) in [6, 6.07) is 18.7. The van der Waals surface area contributed by atoms with Crippen LogP contribution in [0.15, 0.2) is 82.3 Å². The van der Waals surface area contributed by atoms with Gasteiger partial charge in [0, 0.05) is 41.8 Å². The van der Waals surface area contributed by atoms with Crippen LogP contribution in [0.25, 0.3) is 16.5 Å². The number of rotatable bonds is 11. The van der Waals surface area contributed by atoms with Gasteiger partial charge in [-0.1, -0.05) is 25.1 Å². The van der Waals surface area contributed by atoms with Gasteiger partial charge in [-0.15, -0.1) is 0 Å². The van der Waals surface area contributed by atoms with Crippen molar-refractivity contribution in [3.8, 4) is 11.4 Å². The van der Waals surface area contributed by atoms with Crippen molar-refractivity contribution in [2.45, 2.75) is 39.3 Å². The Morgan fingerprint density at radius 2 is 1.83 bits per heavy atom. The minimum absolute atomic E-state index is 0.172. The molecule has 2 heterocycles. The van der Waals surface area contributed by atoms with Crippen LogP contribution in [0.3, 0.4) is 0 Å². The molecule has 7 heteroatoms. The smallest absolute Gasteiger partial charge is 0.262 e. The number of ether oxygens (including phenoxy) is 1. The summed E-state index contributed by atoms with van der Waals surface area (Å²) in [5.41, 5.74) is 0.965. The molecule has 0 saturated heterocycles. The molecule has 0 aliphatic carbocycles. The van der Waals surface area contributed by atoms with Gasteiger partial charge in [0.05, 0.1) is 25.5 Å². The van der Waals surface area contributed by atoms with E-state index >= 15 is 0 Å². The number of carbonyl (C=O) groups excluding carboxylic acids is 1. The number of pyridine rings is 1. The van der Waals surface area contributed by atoms with E-state index in [1.165, 1.54) is 4.57 Å². The number of nitrogens with zero attached hydrogens (tertiary/aromatic N) is 2. The van der Waals surface area contributed by atoms with Crippen LogP contribution in [-0.2, 0) is 6.54 Å². The van der Waals surface area contributed by atoms with Crippen LogP contribution < -0.4 is 15.6 Å². The Labute approximate surface area is 211 Å². The summed E-state index contributed by atoms with van der Waals surface area (Å²) in [5.74, 6) is 1.44. The Balaban J connectivity index is 1.50. The maximum Gasteiger partial charge on any atom is 0.262 e. The second-order valence-corrected chi connectivity index (χ2v) is 8.88. The third-order valence-corrected chi connectivity index (χ3v) is 6.58. The zero-order chi connectivity index (χ0) is 25.5. The minimum Gasteiger partial charge on any atom is -0.497 e. The number of benzene rings is 2. The highest BCUT2D eigenvalue weighted by atomic mass is 16.5. The molecule has 2 aromatic carbocycles. The standard InChI is InChI=1S/C29H33N3O4/c1-4-21(2)31(19-24-9-7-18-36-24)17-8-16-30-28(33)27-20-32(22-12-14-23(35-3)15-13-22)29(34)26-11-6-5-10-25(26)27/h5-7,9-15,18,20-21H,4,8,16-17,19H2,1-3H3,(H,30,33). The molecular weight excluding hydrogens is 454 g/mol. The number of furan rings is 1. The molecule has 36 heavy (non-hydrogen) atoms. The Kier molecular flexibility index (Phi) is 8.23. The first-order valence-corrected chi connectivity index (χ1v) is 12.3. The number of amides is 1. The maximum absolute atomic E-state index is 13.3. The van der Waals surface area contributed by atoms with Gasteiger partial charge in [0.25, 0.3) is 11.5 Å². The summed E-state index contributed by atoms with van der Waals surface area (Å²) >= 11 is 0. The second kappa shape index (κ2) is 11.7. The van der Waals surface area contributed by atoms with E-state index in [2.05, 4.69) is 24.1 Å². The number of nitrogens with one attached hydrogen (secondary N) is 1. The highest BCUT2D eigenvalue weighted by Gasteiger charge is 2.17. The molecule has 0 bridgehead atoms. The van der Waals surface area contributed by atoms with Crippen molar-refractivity contribution in [1.29, 1.82) is 0 Å². The molecule has 0 aliphatic heterocycles. The van der Waals surface area contributed by atoms with E-state index in [0.29, 0.717) is 40.4 Å². The van der Waals surface area contributed by atoms with Crippen LogP contribution >= 0.6 is 0 Å². The van der Waals surface area contributed by atoms with E-state index in [0.717, 1.165) is 31.7 Å². The Morgan fingerprint density at radius 3 is 2.50 bits per heavy atom. The van der Waals surface area contributed by atoms with Crippen molar-refractivity contribution in [3.05, 3.63) is 94.8 Å². The molecule has 0 radical (unpaired) electrons. The van der Waals surface area contributed by atoms with Gasteiger partial charge < -0.3 is 14.5 Å². The number of methoxy groups -OCH3 is 1. The van der Waals surface area contributed by atoms with E-state index in [1.807, 2.05) is 30.3 Å². The van der Waals surface area contributed by atoms with Gasteiger partial charge in [-0.2, -0.15) is 0 Å². The molecule has 0 aliphatic rings. The maximum atomic E-state index is 13.3. The third kappa shape index (κ3) is 5.69. The molecule has 1 atom stereocenters. The molecule has 1 unspecified atom stereocenters. The predicted molar refractivity (Wildman–Crippen MR) is 142 cm³/mol. The van der Waals surface area contributed by atoms with Gasteiger partial charge in [-0.3, -0.25) is 19.1 Å². The summed E-state index contributed by atoms with van der Waals surface area (Å²) in [5, 5.41) is 4.20. The first-order chi connectivity index (χ1) is 17.5. The quantitative estimate of drug-likeness (QED) is 0.301. The number of hydrogen-bond acceptors (Lipinski definition) is 5. The average molecular weight is 488 g/mol. The normalized spacial score (nSPS) is 12.1. The summed E-state index contributed by atoms with van der Waals surface area (Å²) < 4.78 is 12.3. The summed E-state index contributed by atoms with van der Waals surface area (Å²) in [7, 11) is 1.60. The van der Waals surface area contributed by atoms with E-state index < -0.39 is 0 Å². The largest absolute Gasteiger partial charge is 0.497 e. The zero-order valence-corrected chi connectivity index (χ0v) is 21.1. The number of hydrogen-bond donors (Lipinski definition) is 1. The molecule has 4 rings (SSSR count). The van der Waals surface area contributed by atoms with E-state index in [4.69, 9.17) is 9.15 Å². The molecule has 0 fully saturated rings. The fraction of sp³-hybridized carbons (Fsp3) is 0.310. The molecule has 0 saturated carbocycles. The van der Waals surface area contributed by atoms with E-state index in [9.17, 15) is 9.59 Å². The van der Waals surface area contributed by atoms with Gasteiger partial charge in [0.15, 0.2) is 0 Å². The minimum atomic E-state index is -0.199. The van der Waals surface area contributed by atoms with Crippen LogP contribution in [0.2, 0.25) is 0 Å². The number of carbonyl (C=O) groups is 1. The Hall–Kier alpha value is -3.84. The fourth-order valence-corrected chi connectivity index (χ4v) is 4.30. The van der Waals surface area contributed by atoms with Crippen molar-refractivity contribution in [2.75, 3.05) is 20.2 Å².